The predicted octanol–water partition coefficient (Wildman–Crippen LogP) is 2.20. The Morgan fingerprint density at radius 1 is 1.04 bits per heavy atom. The molecule has 6 nitrogen and oxygen atoms in total. The van der Waals surface area contributed by atoms with Crippen molar-refractivity contribution in [2.45, 2.75) is 63.2 Å². The minimum absolute atomic E-state index is 0.0377. The molecule has 0 amide bonds. The number of ether oxygens (including phenoxy) is 1. The second-order valence-corrected chi connectivity index (χ2v) is 9.46. The molecular formula is C18H28N2O4S. The molecule has 0 N–H and O–H groups in total. The van der Waals surface area contributed by atoms with Crippen LogP contribution in [0.5, 0.6) is 5.75 Å². The highest BCUT2D eigenvalue weighted by Crippen LogP contribution is 2.28. The highest BCUT2D eigenvalue weighted by atomic mass is 32.2. The monoisotopic (exact) mass is 368 g/mol. The van der Waals surface area contributed by atoms with Crippen LogP contribution in [0.1, 0.15) is 50.6 Å². The van der Waals surface area contributed by atoms with Crippen LogP contribution in [0.4, 0.5) is 0 Å². The number of hydrogen-bond donors (Lipinski definition) is 0. The van der Waals surface area contributed by atoms with Crippen molar-refractivity contribution in [2.75, 3.05) is 13.1 Å². The summed E-state index contributed by atoms with van der Waals surface area (Å²) in [5.41, 5.74) is 0.757. The zero-order chi connectivity index (χ0) is 18.0. The van der Waals surface area contributed by atoms with Crippen LogP contribution in [-0.4, -0.2) is 41.7 Å². The molecule has 3 rings (SSSR count). The Hall–Kier alpha value is -1.34. The summed E-state index contributed by atoms with van der Waals surface area (Å²) in [5, 5.41) is -0.196. The third-order valence-corrected chi connectivity index (χ3v) is 7.91. The van der Waals surface area contributed by atoms with Crippen molar-refractivity contribution in [3.8, 4) is 5.75 Å². The first-order valence-corrected chi connectivity index (χ1v) is 10.7. The molecule has 1 aromatic heterocycles. The minimum Gasteiger partial charge on any atom is -0.490 e. The van der Waals surface area contributed by atoms with Crippen molar-refractivity contribution in [1.82, 2.24) is 8.87 Å². The Balaban J connectivity index is 1.59. The van der Waals surface area contributed by atoms with E-state index in [9.17, 15) is 13.2 Å². The smallest absolute Gasteiger partial charge is 0.254 e. The third kappa shape index (κ3) is 4.08. The van der Waals surface area contributed by atoms with Gasteiger partial charge < -0.3 is 9.30 Å². The lowest BCUT2D eigenvalue weighted by atomic mass is 10.0. The van der Waals surface area contributed by atoms with Crippen molar-refractivity contribution in [2.24, 2.45) is 7.05 Å². The maximum absolute atomic E-state index is 12.8. The summed E-state index contributed by atoms with van der Waals surface area (Å²) in [5.74, 6) is 0.578. The summed E-state index contributed by atoms with van der Waals surface area (Å²) >= 11 is 0. The first-order valence-electron chi connectivity index (χ1n) is 9.21. The normalized spacial score (nSPS) is 21.4. The van der Waals surface area contributed by atoms with Gasteiger partial charge in [0.15, 0.2) is 0 Å². The molecule has 0 radical (unpaired) electrons. The van der Waals surface area contributed by atoms with Crippen LogP contribution >= 0.6 is 0 Å². The molecule has 0 atom stereocenters. The lowest BCUT2D eigenvalue weighted by Gasteiger charge is -2.34. The summed E-state index contributed by atoms with van der Waals surface area (Å²) in [4.78, 5) is 11.9. The largest absolute Gasteiger partial charge is 0.490 e. The number of aryl methyl sites for hydroxylation is 1. The zero-order valence-electron chi connectivity index (χ0n) is 15.1. The van der Waals surface area contributed by atoms with Crippen molar-refractivity contribution in [3.05, 3.63) is 28.2 Å². The summed E-state index contributed by atoms with van der Waals surface area (Å²) in [6, 6.07) is 3.35. The van der Waals surface area contributed by atoms with Gasteiger partial charge in [-0.05, 0) is 38.7 Å². The van der Waals surface area contributed by atoms with Crippen molar-refractivity contribution in [1.29, 1.82) is 0 Å². The summed E-state index contributed by atoms with van der Waals surface area (Å²) < 4.78 is 34.7. The Morgan fingerprint density at radius 3 is 2.28 bits per heavy atom. The number of piperidine rings is 1. The van der Waals surface area contributed by atoms with E-state index in [0.29, 0.717) is 31.7 Å². The fourth-order valence-electron chi connectivity index (χ4n) is 3.78. The first-order chi connectivity index (χ1) is 11.9. The van der Waals surface area contributed by atoms with Gasteiger partial charge in [-0.15, -0.1) is 0 Å². The highest BCUT2D eigenvalue weighted by molar-refractivity contribution is 7.89. The Kier molecular flexibility index (Phi) is 5.53. The molecule has 2 aliphatic rings. The van der Waals surface area contributed by atoms with Crippen molar-refractivity contribution >= 4 is 10.0 Å². The number of sulfonamides is 1. The van der Waals surface area contributed by atoms with Crippen LogP contribution in [0.3, 0.4) is 0 Å². The van der Waals surface area contributed by atoms with Gasteiger partial charge in [0.05, 0.1) is 5.25 Å². The molecule has 2 heterocycles. The molecule has 140 valence electrons. The van der Waals surface area contributed by atoms with E-state index in [-0.39, 0.29) is 16.9 Å². The van der Waals surface area contributed by atoms with Gasteiger partial charge in [-0.25, -0.2) is 12.7 Å². The van der Waals surface area contributed by atoms with Crippen LogP contribution in [-0.2, 0) is 17.1 Å². The zero-order valence-corrected chi connectivity index (χ0v) is 15.9. The fraction of sp³-hybridized carbons (Fsp3) is 0.722. The molecule has 0 aromatic carbocycles. The SMILES string of the molecule is Cc1cc(OC2CCN(S(=O)(=O)C3CCCCC3)CC2)cc(=O)n1C. The van der Waals surface area contributed by atoms with E-state index in [4.69, 9.17) is 4.74 Å². The number of nitrogens with zero attached hydrogens (tertiary/aromatic N) is 2. The van der Waals surface area contributed by atoms with Crippen molar-refractivity contribution in [3.63, 3.8) is 0 Å². The third-order valence-electron chi connectivity index (χ3n) is 5.51. The van der Waals surface area contributed by atoms with Crippen LogP contribution in [0, 0.1) is 6.92 Å². The number of hydrogen-bond acceptors (Lipinski definition) is 4. The number of aromatic nitrogens is 1. The molecule has 1 saturated carbocycles. The lowest BCUT2D eigenvalue weighted by Crippen LogP contribution is -2.46. The quantitative estimate of drug-likeness (QED) is 0.817. The average molecular weight is 368 g/mol. The van der Waals surface area contributed by atoms with Crippen LogP contribution < -0.4 is 10.3 Å². The van der Waals surface area contributed by atoms with E-state index in [2.05, 4.69) is 0 Å². The van der Waals surface area contributed by atoms with Gasteiger partial charge in [-0.3, -0.25) is 4.79 Å². The van der Waals surface area contributed by atoms with E-state index in [0.717, 1.165) is 37.8 Å². The summed E-state index contributed by atoms with van der Waals surface area (Å²) in [6.07, 6.45) is 6.08. The standard InChI is InChI=1S/C18H28N2O4S/c1-14-12-16(13-18(21)19(14)2)24-15-8-10-20(11-9-15)25(22,23)17-6-4-3-5-7-17/h12-13,15,17H,3-11H2,1-2H3. The van der Waals surface area contributed by atoms with Gasteiger partial charge in [0.1, 0.15) is 11.9 Å². The number of pyridine rings is 1. The molecule has 1 aromatic rings. The molecule has 0 bridgehead atoms. The van der Waals surface area contributed by atoms with E-state index >= 15 is 0 Å². The lowest BCUT2D eigenvalue weighted by molar-refractivity contribution is 0.134. The minimum atomic E-state index is -3.18. The average Bonchev–Trinajstić information content (AvgIpc) is 2.61. The molecule has 0 unspecified atom stereocenters. The van der Waals surface area contributed by atoms with Crippen LogP contribution in [0.25, 0.3) is 0 Å². The molecule has 1 aliphatic heterocycles. The topological polar surface area (TPSA) is 68.6 Å². The van der Waals surface area contributed by atoms with Crippen molar-refractivity contribution < 1.29 is 13.2 Å². The number of rotatable bonds is 4. The van der Waals surface area contributed by atoms with E-state index < -0.39 is 10.0 Å². The molecule has 1 aliphatic carbocycles. The van der Waals surface area contributed by atoms with Gasteiger partial charge >= 0.3 is 0 Å². The first kappa shape index (κ1) is 18.5. The maximum atomic E-state index is 12.8. The fourth-order valence-corrected chi connectivity index (χ4v) is 5.85. The highest BCUT2D eigenvalue weighted by Gasteiger charge is 2.35. The maximum Gasteiger partial charge on any atom is 0.254 e. The van der Waals surface area contributed by atoms with Crippen LogP contribution in [0.15, 0.2) is 16.9 Å². The van der Waals surface area contributed by atoms with E-state index in [1.165, 1.54) is 6.07 Å². The Labute approximate surface area is 149 Å². The van der Waals surface area contributed by atoms with Crippen LogP contribution in [0.2, 0.25) is 0 Å². The molecule has 7 heteroatoms. The van der Waals surface area contributed by atoms with Gasteiger partial charge in [0.25, 0.3) is 5.56 Å². The summed E-state index contributed by atoms with van der Waals surface area (Å²) in [7, 11) is -1.44. The molecular weight excluding hydrogens is 340 g/mol. The second kappa shape index (κ2) is 7.50. The van der Waals surface area contributed by atoms with E-state index in [1.807, 2.05) is 13.0 Å². The molecule has 1 saturated heterocycles. The predicted molar refractivity (Wildman–Crippen MR) is 97.4 cm³/mol. The second-order valence-electron chi connectivity index (χ2n) is 7.25. The van der Waals surface area contributed by atoms with E-state index in [1.54, 1.807) is 15.9 Å². The Morgan fingerprint density at radius 2 is 1.68 bits per heavy atom. The van der Waals surface area contributed by atoms with Gasteiger partial charge in [-0.1, -0.05) is 19.3 Å². The Bertz CT molecular complexity index is 758. The molecule has 25 heavy (non-hydrogen) atoms. The van der Waals surface area contributed by atoms with Gasteiger partial charge in [0, 0.05) is 31.9 Å². The molecule has 0 spiro atoms. The van der Waals surface area contributed by atoms with Gasteiger partial charge in [-0.2, -0.15) is 0 Å². The molecule has 2 fully saturated rings. The summed E-state index contributed by atoms with van der Waals surface area (Å²) in [6.45, 7) is 2.88. The van der Waals surface area contributed by atoms with Gasteiger partial charge in [0.2, 0.25) is 10.0 Å².